The van der Waals surface area contributed by atoms with E-state index >= 15 is 0 Å². The summed E-state index contributed by atoms with van der Waals surface area (Å²) in [7, 11) is 3.60. The third-order valence-corrected chi connectivity index (χ3v) is 1.66. The van der Waals surface area contributed by atoms with Crippen LogP contribution in [0.4, 0.5) is 0 Å². The van der Waals surface area contributed by atoms with Crippen LogP contribution in [0.3, 0.4) is 0 Å². The van der Waals surface area contributed by atoms with E-state index in [-0.39, 0.29) is 6.23 Å². The van der Waals surface area contributed by atoms with E-state index in [1.54, 1.807) is 7.11 Å². The predicted molar refractivity (Wildman–Crippen MR) is 38.5 cm³/mol. The van der Waals surface area contributed by atoms with Crippen molar-refractivity contribution < 1.29 is 9.47 Å². The Morgan fingerprint density at radius 3 is 2.90 bits per heavy atom. The minimum absolute atomic E-state index is 0.0370. The Kier molecular flexibility index (Phi) is 2.29. The average molecular weight is 143 g/mol. The first-order valence-electron chi connectivity index (χ1n) is 3.30. The lowest BCUT2D eigenvalue weighted by Crippen LogP contribution is -2.27. The second-order valence-corrected chi connectivity index (χ2v) is 2.37. The zero-order chi connectivity index (χ0) is 7.56. The van der Waals surface area contributed by atoms with Crippen molar-refractivity contribution in [3.63, 3.8) is 0 Å². The van der Waals surface area contributed by atoms with Gasteiger partial charge in [-0.15, -0.1) is 0 Å². The minimum atomic E-state index is -0.0370. The summed E-state index contributed by atoms with van der Waals surface area (Å²) in [4.78, 5) is 2.06. The summed E-state index contributed by atoms with van der Waals surface area (Å²) < 4.78 is 10.3. The lowest BCUT2D eigenvalue weighted by atomic mass is 10.4. The van der Waals surface area contributed by atoms with Crippen LogP contribution in [0, 0.1) is 0 Å². The second kappa shape index (κ2) is 3.03. The van der Waals surface area contributed by atoms with E-state index in [0.29, 0.717) is 5.76 Å². The molecule has 1 fully saturated rings. The molecule has 0 aliphatic carbocycles. The molecule has 0 radical (unpaired) electrons. The van der Waals surface area contributed by atoms with Gasteiger partial charge in [-0.3, -0.25) is 4.90 Å². The summed E-state index contributed by atoms with van der Waals surface area (Å²) in [6.07, 6.45) is -0.0370. The van der Waals surface area contributed by atoms with Gasteiger partial charge in [0.2, 0.25) is 0 Å². The summed E-state index contributed by atoms with van der Waals surface area (Å²) in [6, 6.07) is 0. The quantitative estimate of drug-likeness (QED) is 0.523. The molecule has 58 valence electrons. The Morgan fingerprint density at radius 2 is 2.50 bits per heavy atom. The Morgan fingerprint density at radius 1 is 1.80 bits per heavy atom. The van der Waals surface area contributed by atoms with E-state index in [1.807, 2.05) is 7.05 Å². The van der Waals surface area contributed by atoms with Gasteiger partial charge >= 0.3 is 0 Å². The maximum absolute atomic E-state index is 5.32. The SMILES string of the molecule is C=C(OC)C1OCCN1C. The highest BCUT2D eigenvalue weighted by molar-refractivity contribution is 4.93. The highest BCUT2D eigenvalue weighted by Crippen LogP contribution is 2.14. The van der Waals surface area contributed by atoms with Gasteiger partial charge in [0.05, 0.1) is 13.7 Å². The summed E-state index contributed by atoms with van der Waals surface area (Å²) in [5.41, 5.74) is 0. The van der Waals surface area contributed by atoms with Crippen molar-refractivity contribution in [2.24, 2.45) is 0 Å². The normalized spacial score (nSPS) is 26.8. The number of nitrogens with zero attached hydrogens (tertiary/aromatic N) is 1. The topological polar surface area (TPSA) is 21.7 Å². The third kappa shape index (κ3) is 1.30. The molecule has 1 heterocycles. The van der Waals surface area contributed by atoms with Gasteiger partial charge in [-0.1, -0.05) is 6.58 Å². The van der Waals surface area contributed by atoms with Gasteiger partial charge in [-0.05, 0) is 7.05 Å². The molecule has 0 N–H and O–H groups in total. The fourth-order valence-electron chi connectivity index (χ4n) is 0.992. The lowest BCUT2D eigenvalue weighted by molar-refractivity contribution is 0.0320. The summed E-state index contributed by atoms with van der Waals surface area (Å²) in [6.45, 7) is 5.44. The molecular weight excluding hydrogens is 130 g/mol. The molecule has 0 aromatic heterocycles. The van der Waals surface area contributed by atoms with Crippen molar-refractivity contribution in [1.29, 1.82) is 0 Å². The number of hydrogen-bond acceptors (Lipinski definition) is 3. The van der Waals surface area contributed by atoms with Crippen molar-refractivity contribution in [3.8, 4) is 0 Å². The first-order valence-corrected chi connectivity index (χ1v) is 3.30. The maximum Gasteiger partial charge on any atom is 0.168 e. The Balaban J connectivity index is 2.46. The van der Waals surface area contributed by atoms with Crippen LogP contribution in [0.1, 0.15) is 0 Å². The molecule has 1 rings (SSSR count). The average Bonchev–Trinajstić information content (AvgIpc) is 2.34. The van der Waals surface area contributed by atoms with Gasteiger partial charge < -0.3 is 9.47 Å². The molecular formula is C7H13NO2. The number of rotatable bonds is 2. The molecule has 0 spiro atoms. The zero-order valence-corrected chi connectivity index (χ0v) is 6.46. The summed E-state index contributed by atoms with van der Waals surface area (Å²) >= 11 is 0. The van der Waals surface area contributed by atoms with E-state index in [4.69, 9.17) is 9.47 Å². The minimum Gasteiger partial charge on any atom is -0.497 e. The fourth-order valence-corrected chi connectivity index (χ4v) is 0.992. The van der Waals surface area contributed by atoms with Crippen LogP contribution in [0.25, 0.3) is 0 Å². The monoisotopic (exact) mass is 143 g/mol. The van der Waals surface area contributed by atoms with Gasteiger partial charge in [-0.2, -0.15) is 0 Å². The standard InChI is InChI=1S/C7H13NO2/c1-6(9-3)7-8(2)4-5-10-7/h7H,1,4-5H2,2-3H3. The molecule has 0 aromatic rings. The van der Waals surface area contributed by atoms with Crippen LogP contribution in [0.15, 0.2) is 12.3 Å². The highest BCUT2D eigenvalue weighted by Gasteiger charge is 2.24. The smallest absolute Gasteiger partial charge is 0.168 e. The van der Waals surface area contributed by atoms with Crippen LogP contribution in [0.2, 0.25) is 0 Å². The van der Waals surface area contributed by atoms with E-state index in [1.165, 1.54) is 0 Å². The first-order chi connectivity index (χ1) is 4.75. The van der Waals surface area contributed by atoms with Crippen molar-refractivity contribution in [3.05, 3.63) is 12.3 Å². The second-order valence-electron chi connectivity index (χ2n) is 2.37. The van der Waals surface area contributed by atoms with Crippen molar-refractivity contribution in [2.75, 3.05) is 27.3 Å². The predicted octanol–water partition coefficient (Wildman–Crippen LogP) is 0.435. The Hall–Kier alpha value is -0.540. The van der Waals surface area contributed by atoms with Crippen LogP contribution in [-0.4, -0.2) is 38.4 Å². The number of methoxy groups -OCH3 is 1. The highest BCUT2D eigenvalue weighted by atomic mass is 16.6. The molecule has 1 aliphatic heterocycles. The van der Waals surface area contributed by atoms with E-state index < -0.39 is 0 Å². The Bertz CT molecular complexity index is 136. The molecule has 3 heteroatoms. The van der Waals surface area contributed by atoms with E-state index in [2.05, 4.69) is 11.5 Å². The molecule has 0 amide bonds. The third-order valence-electron chi connectivity index (χ3n) is 1.66. The summed E-state index contributed by atoms with van der Waals surface area (Å²) in [5, 5.41) is 0. The van der Waals surface area contributed by atoms with Crippen LogP contribution in [0.5, 0.6) is 0 Å². The number of hydrogen-bond donors (Lipinski definition) is 0. The van der Waals surface area contributed by atoms with Crippen LogP contribution >= 0.6 is 0 Å². The van der Waals surface area contributed by atoms with Crippen LogP contribution in [-0.2, 0) is 9.47 Å². The molecule has 1 atom stereocenters. The largest absolute Gasteiger partial charge is 0.497 e. The molecule has 0 saturated carbocycles. The van der Waals surface area contributed by atoms with Gasteiger partial charge in [0.25, 0.3) is 0 Å². The molecule has 0 bridgehead atoms. The van der Waals surface area contributed by atoms with Crippen LogP contribution < -0.4 is 0 Å². The fraction of sp³-hybridized carbons (Fsp3) is 0.714. The number of likely N-dealkylation sites (N-methyl/N-ethyl adjacent to an activating group) is 1. The van der Waals surface area contributed by atoms with Crippen molar-refractivity contribution in [1.82, 2.24) is 4.90 Å². The van der Waals surface area contributed by atoms with Gasteiger partial charge in [-0.25, -0.2) is 0 Å². The molecule has 10 heavy (non-hydrogen) atoms. The first kappa shape index (κ1) is 7.57. The van der Waals surface area contributed by atoms with Crippen molar-refractivity contribution >= 4 is 0 Å². The van der Waals surface area contributed by atoms with Gasteiger partial charge in [0, 0.05) is 6.54 Å². The van der Waals surface area contributed by atoms with Crippen molar-refractivity contribution in [2.45, 2.75) is 6.23 Å². The zero-order valence-electron chi connectivity index (χ0n) is 6.46. The number of ether oxygens (including phenoxy) is 2. The molecule has 0 aromatic carbocycles. The molecule has 1 saturated heterocycles. The lowest BCUT2D eigenvalue weighted by Gasteiger charge is -2.18. The molecule has 3 nitrogen and oxygen atoms in total. The molecule has 1 unspecified atom stereocenters. The van der Waals surface area contributed by atoms with Gasteiger partial charge in [0.15, 0.2) is 6.23 Å². The molecule has 1 aliphatic rings. The maximum atomic E-state index is 5.32. The Labute approximate surface area is 61.2 Å². The van der Waals surface area contributed by atoms with E-state index in [0.717, 1.165) is 13.2 Å². The summed E-state index contributed by atoms with van der Waals surface area (Å²) in [5.74, 6) is 0.681. The van der Waals surface area contributed by atoms with Gasteiger partial charge in [0.1, 0.15) is 5.76 Å². The van der Waals surface area contributed by atoms with E-state index in [9.17, 15) is 0 Å².